The standard InChI is InChI=1S/C23H26Cl2F3N5O2/c1-6-7-8-17(25)20(29)33(30)18(10-14(5)23(26,27)28)22(35)32-19-13(4)9-15(24)11-16(19)21(34)31-12(2)3/h6-12H,1,5,29-30H2,2-4H3,(H,31,34)(H,32,35)/b8-7-,18-10-,20-17-. The fourth-order valence-corrected chi connectivity index (χ4v) is 3.02. The zero-order valence-corrected chi connectivity index (χ0v) is 20.8. The van der Waals surface area contributed by atoms with E-state index in [1.165, 1.54) is 30.4 Å². The summed E-state index contributed by atoms with van der Waals surface area (Å²) in [4.78, 5) is 25.8. The zero-order valence-electron chi connectivity index (χ0n) is 19.3. The molecule has 2 amide bonds. The number of anilines is 1. The Morgan fingerprint density at radius 2 is 1.86 bits per heavy atom. The summed E-state index contributed by atoms with van der Waals surface area (Å²) in [5.41, 5.74) is 4.09. The lowest BCUT2D eigenvalue weighted by atomic mass is 10.1. The first kappa shape index (κ1) is 29.8. The molecule has 35 heavy (non-hydrogen) atoms. The molecule has 0 spiro atoms. The van der Waals surface area contributed by atoms with E-state index in [1.807, 2.05) is 0 Å². The molecule has 0 bridgehead atoms. The summed E-state index contributed by atoms with van der Waals surface area (Å²) in [6.45, 7) is 11.4. The summed E-state index contributed by atoms with van der Waals surface area (Å²) in [7, 11) is 0. The van der Waals surface area contributed by atoms with E-state index in [9.17, 15) is 22.8 Å². The Morgan fingerprint density at radius 3 is 2.37 bits per heavy atom. The van der Waals surface area contributed by atoms with Crippen LogP contribution in [0.3, 0.4) is 0 Å². The number of hydrogen-bond acceptors (Lipinski definition) is 5. The number of alkyl halides is 3. The minimum absolute atomic E-state index is 0.00896. The van der Waals surface area contributed by atoms with Gasteiger partial charge in [0.2, 0.25) is 0 Å². The molecule has 0 aliphatic heterocycles. The highest BCUT2D eigenvalue weighted by atomic mass is 35.5. The summed E-state index contributed by atoms with van der Waals surface area (Å²) in [5, 5.41) is 5.59. The first-order valence-corrected chi connectivity index (χ1v) is 10.7. The van der Waals surface area contributed by atoms with Crippen LogP contribution < -0.4 is 22.2 Å². The minimum atomic E-state index is -4.87. The third kappa shape index (κ3) is 8.50. The molecular weight excluding hydrogens is 506 g/mol. The van der Waals surface area contributed by atoms with E-state index in [4.69, 9.17) is 34.8 Å². The second-order valence-corrected chi connectivity index (χ2v) is 8.32. The lowest BCUT2D eigenvalue weighted by Gasteiger charge is -2.24. The average Bonchev–Trinajstić information content (AvgIpc) is 2.74. The molecular formula is C23H26Cl2F3N5O2. The molecule has 0 aliphatic rings. The predicted molar refractivity (Wildman–Crippen MR) is 133 cm³/mol. The molecule has 0 aromatic heterocycles. The smallest absolute Gasteiger partial charge is 0.383 e. The second-order valence-electron chi connectivity index (χ2n) is 7.48. The number of halogens is 5. The molecule has 1 aromatic carbocycles. The van der Waals surface area contributed by atoms with Gasteiger partial charge in [0.15, 0.2) is 0 Å². The number of hydrogen-bond donors (Lipinski definition) is 4. The SMILES string of the molecule is C=C/C=C\C(Cl)=C(/N)N(N)/C(=C\C(=C)C(F)(F)F)C(=O)Nc1c(C)cc(Cl)cc1C(=O)NC(C)C. The Morgan fingerprint density at radius 1 is 1.26 bits per heavy atom. The molecule has 190 valence electrons. The van der Waals surface area contributed by atoms with Gasteiger partial charge in [-0.25, -0.2) is 5.84 Å². The molecule has 0 saturated carbocycles. The van der Waals surface area contributed by atoms with E-state index in [0.717, 1.165) is 0 Å². The fourth-order valence-electron chi connectivity index (χ4n) is 2.58. The topological polar surface area (TPSA) is 113 Å². The number of carbonyl (C=O) groups is 2. The molecule has 0 unspecified atom stereocenters. The molecule has 0 radical (unpaired) electrons. The molecule has 12 heteroatoms. The Hall–Kier alpha value is -3.21. The highest BCUT2D eigenvalue weighted by Crippen LogP contribution is 2.29. The number of benzene rings is 1. The first-order valence-electron chi connectivity index (χ1n) is 9.99. The molecule has 1 rings (SSSR count). The van der Waals surface area contributed by atoms with E-state index in [0.29, 0.717) is 16.6 Å². The Balaban J connectivity index is 3.61. The quantitative estimate of drug-likeness (QED) is 0.155. The van der Waals surface area contributed by atoms with Gasteiger partial charge >= 0.3 is 6.18 Å². The van der Waals surface area contributed by atoms with E-state index >= 15 is 0 Å². The van der Waals surface area contributed by atoms with Crippen LogP contribution in [0, 0.1) is 6.92 Å². The maximum absolute atomic E-state index is 13.2. The van der Waals surface area contributed by atoms with Crippen molar-refractivity contribution >= 4 is 40.7 Å². The van der Waals surface area contributed by atoms with Crippen molar-refractivity contribution in [3.05, 3.63) is 87.9 Å². The van der Waals surface area contributed by atoms with Crippen molar-refractivity contribution < 1.29 is 22.8 Å². The van der Waals surface area contributed by atoms with E-state index in [1.54, 1.807) is 20.8 Å². The number of nitrogens with one attached hydrogen (secondary N) is 2. The van der Waals surface area contributed by atoms with Crippen molar-refractivity contribution in [1.29, 1.82) is 0 Å². The Labute approximate surface area is 211 Å². The first-order chi connectivity index (χ1) is 16.1. The molecule has 0 atom stereocenters. The van der Waals surface area contributed by atoms with Crippen LogP contribution in [-0.4, -0.2) is 29.0 Å². The van der Waals surface area contributed by atoms with Gasteiger partial charge in [-0.05, 0) is 50.6 Å². The van der Waals surface area contributed by atoms with E-state index < -0.39 is 35.1 Å². The number of carbonyl (C=O) groups excluding carboxylic acids is 2. The van der Waals surface area contributed by atoms with Crippen molar-refractivity contribution in [1.82, 2.24) is 10.3 Å². The Bertz CT molecular complexity index is 1110. The van der Waals surface area contributed by atoms with Gasteiger partial charge in [-0.15, -0.1) is 0 Å². The summed E-state index contributed by atoms with van der Waals surface area (Å²) >= 11 is 12.1. The highest BCUT2D eigenvalue weighted by Gasteiger charge is 2.33. The summed E-state index contributed by atoms with van der Waals surface area (Å²) < 4.78 is 39.6. The molecule has 0 fully saturated rings. The Kier molecular flexibility index (Phi) is 10.6. The molecule has 0 aliphatic carbocycles. The number of allylic oxidation sites excluding steroid dienone is 6. The van der Waals surface area contributed by atoms with Gasteiger partial charge in [0.1, 0.15) is 11.5 Å². The van der Waals surface area contributed by atoms with Gasteiger partial charge in [-0.1, -0.05) is 48.5 Å². The van der Waals surface area contributed by atoms with Crippen molar-refractivity contribution in [2.24, 2.45) is 11.6 Å². The molecule has 1 aromatic rings. The van der Waals surface area contributed by atoms with Gasteiger partial charge in [0.25, 0.3) is 11.8 Å². The van der Waals surface area contributed by atoms with Gasteiger partial charge in [0.05, 0.1) is 21.9 Å². The summed E-state index contributed by atoms with van der Waals surface area (Å²) in [6, 6.07) is 2.53. The van der Waals surface area contributed by atoms with Crippen LogP contribution in [0.15, 0.2) is 71.7 Å². The van der Waals surface area contributed by atoms with Crippen molar-refractivity contribution in [2.45, 2.75) is 33.0 Å². The van der Waals surface area contributed by atoms with Crippen LogP contribution in [0.1, 0.15) is 29.8 Å². The largest absolute Gasteiger partial charge is 0.415 e. The number of amides is 2. The van der Waals surface area contributed by atoms with Gasteiger partial charge < -0.3 is 16.4 Å². The number of aryl methyl sites for hydroxylation is 1. The lowest BCUT2D eigenvalue weighted by Crippen LogP contribution is -2.40. The normalized spacial score (nSPS) is 12.9. The number of nitrogens with two attached hydrogens (primary N) is 2. The summed E-state index contributed by atoms with van der Waals surface area (Å²) in [5.74, 6) is 3.75. The maximum atomic E-state index is 13.2. The third-order valence-electron chi connectivity index (χ3n) is 4.25. The molecule has 6 N–H and O–H groups in total. The third-order valence-corrected chi connectivity index (χ3v) is 4.79. The van der Waals surface area contributed by atoms with Crippen LogP contribution in [0.4, 0.5) is 18.9 Å². The number of rotatable bonds is 9. The molecule has 0 saturated heterocycles. The highest BCUT2D eigenvalue weighted by molar-refractivity contribution is 6.32. The molecule has 7 nitrogen and oxygen atoms in total. The monoisotopic (exact) mass is 531 g/mol. The van der Waals surface area contributed by atoms with Crippen LogP contribution in [0.25, 0.3) is 0 Å². The number of hydrazine groups is 1. The number of nitrogens with zero attached hydrogens (tertiary/aromatic N) is 1. The van der Waals surface area contributed by atoms with Gasteiger partial charge in [-0.2, -0.15) is 13.2 Å². The average molecular weight is 532 g/mol. The lowest BCUT2D eigenvalue weighted by molar-refractivity contribution is -0.114. The van der Waals surface area contributed by atoms with E-state index in [2.05, 4.69) is 23.8 Å². The predicted octanol–water partition coefficient (Wildman–Crippen LogP) is 5.01. The second kappa shape index (κ2) is 12.5. The van der Waals surface area contributed by atoms with Crippen LogP contribution >= 0.6 is 23.2 Å². The van der Waals surface area contributed by atoms with Crippen LogP contribution in [0.5, 0.6) is 0 Å². The summed E-state index contributed by atoms with van der Waals surface area (Å²) in [6.07, 6.45) is -0.412. The maximum Gasteiger partial charge on any atom is 0.415 e. The van der Waals surface area contributed by atoms with Crippen molar-refractivity contribution in [2.75, 3.05) is 5.32 Å². The van der Waals surface area contributed by atoms with Crippen LogP contribution in [-0.2, 0) is 4.79 Å². The van der Waals surface area contributed by atoms with Crippen molar-refractivity contribution in [3.8, 4) is 0 Å². The zero-order chi connectivity index (χ0) is 27.1. The fraction of sp³-hybridized carbons (Fsp3) is 0.217. The van der Waals surface area contributed by atoms with Gasteiger partial charge in [-0.3, -0.25) is 14.6 Å². The molecule has 0 heterocycles. The van der Waals surface area contributed by atoms with Gasteiger partial charge in [0, 0.05) is 11.1 Å². The van der Waals surface area contributed by atoms with Crippen LogP contribution in [0.2, 0.25) is 5.02 Å². The minimum Gasteiger partial charge on any atom is -0.383 e. The van der Waals surface area contributed by atoms with Crippen molar-refractivity contribution in [3.63, 3.8) is 0 Å². The van der Waals surface area contributed by atoms with E-state index in [-0.39, 0.29) is 27.3 Å².